The van der Waals surface area contributed by atoms with Gasteiger partial charge in [-0.25, -0.2) is 4.39 Å². The van der Waals surface area contributed by atoms with Crippen molar-refractivity contribution in [3.63, 3.8) is 0 Å². The average Bonchev–Trinajstić information content (AvgIpc) is 3.15. The van der Waals surface area contributed by atoms with E-state index in [2.05, 4.69) is 20.6 Å². The van der Waals surface area contributed by atoms with E-state index in [0.717, 1.165) is 17.2 Å². The van der Waals surface area contributed by atoms with Crippen LogP contribution in [0.4, 0.5) is 42.2 Å². The Hall–Kier alpha value is -3.91. The summed E-state index contributed by atoms with van der Waals surface area (Å²) in [6.45, 7) is -0.451. The molecule has 0 radical (unpaired) electrons. The van der Waals surface area contributed by atoms with E-state index in [1.165, 1.54) is 18.5 Å². The molecule has 3 aromatic rings. The minimum Gasteiger partial charge on any atom is -0.487 e. The van der Waals surface area contributed by atoms with Crippen LogP contribution in [0.5, 0.6) is 5.75 Å². The summed E-state index contributed by atoms with van der Waals surface area (Å²) in [5, 5.41) is 12.7. The van der Waals surface area contributed by atoms with Crippen molar-refractivity contribution in [2.75, 3.05) is 23.3 Å². The van der Waals surface area contributed by atoms with Crippen molar-refractivity contribution in [1.29, 1.82) is 0 Å². The third-order valence-corrected chi connectivity index (χ3v) is 4.72. The van der Waals surface area contributed by atoms with Crippen LogP contribution in [0.25, 0.3) is 0 Å². The monoisotopic (exact) mass is 490 g/mol. The number of carbonyl (C=O) groups excluding carboxylic acids is 1. The van der Waals surface area contributed by atoms with Crippen molar-refractivity contribution < 1.29 is 40.3 Å². The molecule has 1 amide bonds. The van der Waals surface area contributed by atoms with Crippen molar-refractivity contribution in [2.45, 2.75) is 18.6 Å². The van der Waals surface area contributed by atoms with Crippen LogP contribution >= 0.6 is 0 Å². The number of carbonyl (C=O) groups is 1. The lowest BCUT2D eigenvalue weighted by Gasteiger charge is -2.41. The van der Waals surface area contributed by atoms with Crippen LogP contribution in [-0.4, -0.2) is 45.1 Å². The Bertz CT molecular complexity index is 1190. The molecular formula is C19H13F7N6O2. The van der Waals surface area contributed by atoms with Gasteiger partial charge in [-0.3, -0.25) is 4.79 Å². The highest BCUT2D eigenvalue weighted by Gasteiger charge is 2.42. The predicted molar refractivity (Wildman–Crippen MR) is 102 cm³/mol. The molecule has 1 aromatic carbocycles. The molecule has 1 N–H and O–H groups in total. The number of nitrogens with one attached hydrogen (secondary N) is 1. The van der Waals surface area contributed by atoms with Crippen molar-refractivity contribution >= 4 is 17.4 Å². The lowest BCUT2D eigenvalue weighted by molar-refractivity contribution is -0.211. The van der Waals surface area contributed by atoms with Gasteiger partial charge in [-0.05, 0) is 18.2 Å². The van der Waals surface area contributed by atoms with Crippen molar-refractivity contribution in [3.05, 3.63) is 59.8 Å². The summed E-state index contributed by atoms with van der Waals surface area (Å²) in [6, 6.07) is 3.00. The van der Waals surface area contributed by atoms with Crippen LogP contribution in [-0.2, 0) is 12.5 Å². The number of hydrogen-bond donors (Lipinski definition) is 1. The van der Waals surface area contributed by atoms with E-state index in [1.807, 2.05) is 0 Å². The van der Waals surface area contributed by atoms with Crippen LogP contribution < -0.4 is 15.0 Å². The predicted octanol–water partition coefficient (Wildman–Crippen LogP) is 3.83. The number of anilines is 2. The maximum absolute atomic E-state index is 13.6. The molecule has 2 aromatic heterocycles. The van der Waals surface area contributed by atoms with Gasteiger partial charge in [0.05, 0.1) is 42.9 Å². The zero-order valence-electron chi connectivity index (χ0n) is 16.7. The van der Waals surface area contributed by atoms with Crippen molar-refractivity contribution in [1.82, 2.24) is 20.0 Å². The van der Waals surface area contributed by atoms with Crippen molar-refractivity contribution in [3.8, 4) is 5.75 Å². The van der Waals surface area contributed by atoms with Gasteiger partial charge in [0.15, 0.2) is 0 Å². The lowest BCUT2D eigenvalue weighted by Crippen LogP contribution is -2.55. The first-order valence-corrected chi connectivity index (χ1v) is 9.44. The van der Waals surface area contributed by atoms with Gasteiger partial charge < -0.3 is 15.0 Å². The Labute approximate surface area is 185 Å². The number of hydrogen-bond acceptors (Lipinski definition) is 6. The van der Waals surface area contributed by atoms with Crippen LogP contribution in [0, 0.1) is 5.82 Å². The van der Waals surface area contributed by atoms with E-state index < -0.39 is 53.0 Å². The van der Waals surface area contributed by atoms with Gasteiger partial charge in [0.2, 0.25) is 0 Å². The van der Waals surface area contributed by atoms with Gasteiger partial charge in [-0.1, -0.05) is 0 Å². The summed E-state index contributed by atoms with van der Waals surface area (Å²) in [5.41, 5.74) is -1.49. The molecule has 4 rings (SSSR count). The van der Waals surface area contributed by atoms with E-state index in [9.17, 15) is 35.5 Å². The summed E-state index contributed by atoms with van der Waals surface area (Å²) < 4.78 is 97.6. The second-order valence-corrected chi connectivity index (χ2v) is 7.16. The molecule has 8 nitrogen and oxygen atoms in total. The third kappa shape index (κ3) is 4.87. The number of nitrogens with zero attached hydrogens (tertiary/aromatic N) is 5. The summed E-state index contributed by atoms with van der Waals surface area (Å²) in [6.07, 6.45) is -7.43. The van der Waals surface area contributed by atoms with Gasteiger partial charge in [-0.2, -0.15) is 33.1 Å². The molecule has 34 heavy (non-hydrogen) atoms. The molecular weight excluding hydrogens is 477 g/mol. The summed E-state index contributed by atoms with van der Waals surface area (Å²) >= 11 is 0. The summed E-state index contributed by atoms with van der Waals surface area (Å²) in [7, 11) is 0. The van der Waals surface area contributed by atoms with E-state index in [4.69, 9.17) is 4.74 Å². The van der Waals surface area contributed by atoms with E-state index in [-0.39, 0.29) is 23.5 Å². The van der Waals surface area contributed by atoms with Gasteiger partial charge in [0.25, 0.3) is 5.91 Å². The lowest BCUT2D eigenvalue weighted by atomic mass is 10.1. The maximum atomic E-state index is 13.6. The Morgan fingerprint density at radius 2 is 1.79 bits per heavy atom. The molecule has 0 unspecified atom stereocenters. The minimum atomic E-state index is -4.96. The summed E-state index contributed by atoms with van der Waals surface area (Å²) in [5.74, 6) is -3.09. The number of halogens is 7. The molecule has 15 heteroatoms. The molecule has 0 bridgehead atoms. The zero-order chi connectivity index (χ0) is 24.7. The van der Waals surface area contributed by atoms with Crippen LogP contribution in [0.3, 0.4) is 0 Å². The SMILES string of the molecule is O=C(Nc1ccnnc1)c1cnn(C(F)(F)F)c1N1CC(Oc2cc(F)cc(C(F)(F)F)c2)C1. The van der Waals surface area contributed by atoms with Gasteiger partial charge in [0, 0.05) is 6.07 Å². The Morgan fingerprint density at radius 1 is 1.06 bits per heavy atom. The maximum Gasteiger partial charge on any atom is 0.506 e. The first kappa shape index (κ1) is 23.3. The first-order valence-electron chi connectivity index (χ1n) is 9.44. The molecule has 180 valence electrons. The van der Waals surface area contributed by atoms with E-state index >= 15 is 0 Å². The highest BCUT2D eigenvalue weighted by Crippen LogP contribution is 2.36. The second-order valence-electron chi connectivity index (χ2n) is 7.16. The normalized spacial score (nSPS) is 14.6. The molecule has 1 aliphatic heterocycles. The number of rotatable bonds is 5. The molecule has 0 atom stereocenters. The topological polar surface area (TPSA) is 85.2 Å². The van der Waals surface area contributed by atoms with Gasteiger partial charge >= 0.3 is 12.5 Å². The smallest absolute Gasteiger partial charge is 0.487 e. The molecule has 0 spiro atoms. The quantitative estimate of drug-likeness (QED) is 0.548. The third-order valence-electron chi connectivity index (χ3n) is 4.72. The molecule has 3 heterocycles. The number of amides is 1. The van der Waals surface area contributed by atoms with E-state index in [0.29, 0.717) is 12.1 Å². The zero-order valence-corrected chi connectivity index (χ0v) is 16.7. The fourth-order valence-electron chi connectivity index (χ4n) is 3.23. The molecule has 0 saturated carbocycles. The number of aromatic nitrogens is 4. The fourth-order valence-corrected chi connectivity index (χ4v) is 3.23. The number of benzene rings is 1. The Balaban J connectivity index is 1.53. The Morgan fingerprint density at radius 3 is 2.41 bits per heavy atom. The van der Waals surface area contributed by atoms with Crippen LogP contribution in [0.15, 0.2) is 42.9 Å². The summed E-state index contributed by atoms with van der Waals surface area (Å²) in [4.78, 5) is 13.7. The highest BCUT2D eigenvalue weighted by atomic mass is 19.4. The molecule has 1 fully saturated rings. The fraction of sp³-hybridized carbons (Fsp3) is 0.263. The highest BCUT2D eigenvalue weighted by molar-refractivity contribution is 6.07. The standard InChI is InChI=1S/C19H13F7N6O2/c20-11-3-10(18(21,22)23)4-13(5-11)34-14-8-31(9-14)17-15(7-29-32(17)19(24,25)26)16(33)30-12-1-2-27-28-6-12/h1-7,14H,8-9H2,(H,27,30,33). The van der Waals surface area contributed by atoms with Gasteiger partial charge in [0.1, 0.15) is 29.1 Å². The van der Waals surface area contributed by atoms with Crippen LogP contribution in [0.1, 0.15) is 15.9 Å². The Kier molecular flexibility index (Phi) is 5.79. The average molecular weight is 490 g/mol. The first-order chi connectivity index (χ1) is 15.9. The second kappa shape index (κ2) is 8.46. The minimum absolute atomic E-state index is 0.183. The van der Waals surface area contributed by atoms with Gasteiger partial charge in [-0.15, -0.1) is 13.2 Å². The van der Waals surface area contributed by atoms with E-state index in [1.54, 1.807) is 0 Å². The molecule has 1 aliphatic rings. The molecule has 1 saturated heterocycles. The number of ether oxygens (including phenoxy) is 1. The van der Waals surface area contributed by atoms with Crippen LogP contribution in [0.2, 0.25) is 0 Å². The largest absolute Gasteiger partial charge is 0.506 e. The van der Waals surface area contributed by atoms with Crippen molar-refractivity contribution in [2.24, 2.45) is 0 Å². The number of alkyl halides is 6. The molecule has 0 aliphatic carbocycles.